The Bertz CT molecular complexity index is 197. The highest BCUT2D eigenvalue weighted by atomic mass is 32.1. The molecule has 0 bridgehead atoms. The summed E-state index contributed by atoms with van der Waals surface area (Å²) >= 11 is 4.47. The number of isothiocyanates is 1. The third-order valence-electron chi connectivity index (χ3n) is 1.59. The molecule has 12 heavy (non-hydrogen) atoms. The van der Waals surface area contributed by atoms with Gasteiger partial charge < -0.3 is 4.74 Å². The molecule has 0 fully saturated rings. The molecule has 0 amide bonds. The van der Waals surface area contributed by atoms with Crippen molar-refractivity contribution < 1.29 is 9.53 Å². The first-order valence-corrected chi connectivity index (χ1v) is 4.16. The molecule has 0 saturated carbocycles. The van der Waals surface area contributed by atoms with Crippen molar-refractivity contribution in [1.82, 2.24) is 0 Å². The van der Waals surface area contributed by atoms with E-state index in [4.69, 9.17) is 0 Å². The van der Waals surface area contributed by atoms with Crippen molar-refractivity contribution in [3.05, 3.63) is 0 Å². The predicted octanol–water partition coefficient (Wildman–Crippen LogP) is 1.68. The Morgan fingerprint density at radius 3 is 2.58 bits per heavy atom. The fraction of sp³-hybridized carbons (Fsp3) is 0.750. The monoisotopic (exact) mass is 187 g/mol. The highest BCUT2D eigenvalue weighted by Crippen LogP contribution is 2.10. The van der Waals surface area contributed by atoms with Crippen molar-refractivity contribution in [2.24, 2.45) is 10.9 Å². The molecule has 3 nitrogen and oxygen atoms in total. The molecule has 0 heterocycles. The second-order valence-electron chi connectivity index (χ2n) is 2.81. The number of rotatable bonds is 4. The first-order chi connectivity index (χ1) is 5.61. The Kier molecular flexibility index (Phi) is 5.51. The molecule has 0 radical (unpaired) electrons. The molecule has 0 aliphatic carbocycles. The van der Waals surface area contributed by atoms with Crippen LogP contribution in [0.5, 0.6) is 0 Å². The van der Waals surface area contributed by atoms with Crippen LogP contribution >= 0.6 is 12.2 Å². The maximum Gasteiger partial charge on any atom is 0.307 e. The van der Waals surface area contributed by atoms with E-state index in [1.807, 2.05) is 13.8 Å². The Morgan fingerprint density at radius 1 is 1.67 bits per heavy atom. The minimum atomic E-state index is -0.261. The summed E-state index contributed by atoms with van der Waals surface area (Å²) in [7, 11) is 1.36. The van der Waals surface area contributed by atoms with Gasteiger partial charge in [0.05, 0.1) is 24.7 Å². The zero-order chi connectivity index (χ0) is 9.56. The van der Waals surface area contributed by atoms with Gasteiger partial charge in [-0.2, -0.15) is 0 Å². The van der Waals surface area contributed by atoms with Crippen LogP contribution in [0, 0.1) is 5.92 Å². The van der Waals surface area contributed by atoms with Crippen LogP contribution in [0.15, 0.2) is 4.99 Å². The lowest BCUT2D eigenvalue weighted by Gasteiger charge is -2.12. The van der Waals surface area contributed by atoms with E-state index in [0.717, 1.165) is 0 Å². The lowest BCUT2D eigenvalue weighted by Crippen LogP contribution is -2.18. The van der Waals surface area contributed by atoms with Gasteiger partial charge in [0.2, 0.25) is 0 Å². The molecular formula is C8H13NO2S. The summed E-state index contributed by atoms with van der Waals surface area (Å²) in [6.07, 6.45) is 0.276. The second kappa shape index (κ2) is 5.86. The third kappa shape index (κ3) is 4.21. The summed E-state index contributed by atoms with van der Waals surface area (Å²) in [6, 6.07) is -0.102. The predicted molar refractivity (Wildman–Crippen MR) is 50.3 cm³/mol. The molecule has 0 spiro atoms. The zero-order valence-corrected chi connectivity index (χ0v) is 8.35. The first-order valence-electron chi connectivity index (χ1n) is 3.75. The van der Waals surface area contributed by atoms with Gasteiger partial charge in [0.1, 0.15) is 0 Å². The number of esters is 1. The highest BCUT2D eigenvalue weighted by molar-refractivity contribution is 7.78. The lowest BCUT2D eigenvalue weighted by molar-refractivity contribution is -0.141. The summed E-state index contributed by atoms with van der Waals surface area (Å²) in [4.78, 5) is 14.7. The number of aliphatic imine (C=N–C) groups is 1. The van der Waals surface area contributed by atoms with E-state index in [-0.39, 0.29) is 24.3 Å². The van der Waals surface area contributed by atoms with Gasteiger partial charge in [-0.1, -0.05) is 13.8 Å². The van der Waals surface area contributed by atoms with Gasteiger partial charge in [-0.25, -0.2) is 4.99 Å². The van der Waals surface area contributed by atoms with Crippen LogP contribution in [-0.2, 0) is 9.53 Å². The van der Waals surface area contributed by atoms with Crippen molar-refractivity contribution in [3.8, 4) is 0 Å². The molecule has 0 aromatic rings. The molecule has 0 aliphatic heterocycles. The summed E-state index contributed by atoms with van der Waals surface area (Å²) in [5.41, 5.74) is 0. The van der Waals surface area contributed by atoms with Crippen LogP contribution < -0.4 is 0 Å². The molecule has 68 valence electrons. The summed E-state index contributed by atoms with van der Waals surface area (Å²) in [5.74, 6) is 0.0160. The Hall–Kier alpha value is -0.730. The van der Waals surface area contributed by atoms with Crippen LogP contribution in [0.2, 0.25) is 0 Å². The van der Waals surface area contributed by atoms with E-state index in [1.54, 1.807) is 0 Å². The number of nitrogens with zero attached hydrogens (tertiary/aromatic N) is 1. The van der Waals surface area contributed by atoms with Crippen LogP contribution in [0.4, 0.5) is 0 Å². The molecule has 0 rings (SSSR count). The van der Waals surface area contributed by atoms with Crippen LogP contribution in [0.3, 0.4) is 0 Å². The van der Waals surface area contributed by atoms with Crippen LogP contribution in [-0.4, -0.2) is 24.3 Å². The van der Waals surface area contributed by atoms with Crippen LogP contribution in [0.25, 0.3) is 0 Å². The van der Waals surface area contributed by atoms with E-state index < -0.39 is 0 Å². The Labute approximate surface area is 77.8 Å². The van der Waals surface area contributed by atoms with E-state index in [2.05, 4.69) is 27.1 Å². The molecular weight excluding hydrogens is 174 g/mol. The molecule has 0 N–H and O–H groups in total. The number of thiocarbonyl (C=S) groups is 1. The molecule has 1 atom stereocenters. The van der Waals surface area contributed by atoms with Gasteiger partial charge in [-0.05, 0) is 18.1 Å². The minimum Gasteiger partial charge on any atom is -0.469 e. The molecule has 0 aliphatic rings. The molecule has 0 aromatic carbocycles. The number of hydrogen-bond acceptors (Lipinski definition) is 4. The van der Waals surface area contributed by atoms with Gasteiger partial charge in [-0.15, -0.1) is 0 Å². The number of carbonyl (C=O) groups is 1. The van der Waals surface area contributed by atoms with Crippen molar-refractivity contribution >= 4 is 23.3 Å². The molecule has 4 heteroatoms. The smallest absolute Gasteiger partial charge is 0.307 e. The van der Waals surface area contributed by atoms with Crippen molar-refractivity contribution in [2.45, 2.75) is 26.3 Å². The van der Waals surface area contributed by atoms with Gasteiger partial charge in [0.25, 0.3) is 0 Å². The first kappa shape index (κ1) is 11.3. The van der Waals surface area contributed by atoms with Crippen molar-refractivity contribution in [1.29, 1.82) is 0 Å². The fourth-order valence-electron chi connectivity index (χ4n) is 0.752. The molecule has 0 aromatic heterocycles. The standard InChI is InChI=1S/C8H13NO2S/c1-6(2)7(9-5-12)4-8(10)11-3/h6-7H,4H2,1-3H3. The Morgan fingerprint density at radius 2 is 2.25 bits per heavy atom. The largest absolute Gasteiger partial charge is 0.469 e. The number of carbonyl (C=O) groups excluding carboxylic acids is 1. The topological polar surface area (TPSA) is 38.7 Å². The van der Waals surface area contributed by atoms with Crippen molar-refractivity contribution in [2.75, 3.05) is 7.11 Å². The summed E-state index contributed by atoms with van der Waals surface area (Å²) in [5, 5.41) is 2.28. The minimum absolute atomic E-state index is 0.102. The molecule has 1 unspecified atom stereocenters. The van der Waals surface area contributed by atoms with Gasteiger partial charge >= 0.3 is 5.97 Å². The maximum atomic E-state index is 10.9. The number of ether oxygens (including phenoxy) is 1. The maximum absolute atomic E-state index is 10.9. The van der Waals surface area contributed by atoms with E-state index in [0.29, 0.717) is 0 Å². The fourth-order valence-corrected chi connectivity index (χ4v) is 0.888. The van der Waals surface area contributed by atoms with Crippen molar-refractivity contribution in [3.63, 3.8) is 0 Å². The summed E-state index contributed by atoms with van der Waals surface area (Å²) in [6.45, 7) is 3.95. The van der Waals surface area contributed by atoms with Gasteiger partial charge in [0, 0.05) is 0 Å². The number of hydrogen-bond donors (Lipinski definition) is 0. The van der Waals surface area contributed by atoms with E-state index in [9.17, 15) is 4.79 Å². The summed E-state index contributed by atoms with van der Waals surface area (Å²) < 4.78 is 4.52. The van der Waals surface area contributed by atoms with Gasteiger partial charge in [-0.3, -0.25) is 4.79 Å². The average molecular weight is 187 g/mol. The number of methoxy groups -OCH3 is 1. The van der Waals surface area contributed by atoms with Gasteiger partial charge in [0.15, 0.2) is 0 Å². The third-order valence-corrected chi connectivity index (χ3v) is 1.70. The zero-order valence-electron chi connectivity index (χ0n) is 7.53. The lowest BCUT2D eigenvalue weighted by atomic mass is 10.0. The quantitative estimate of drug-likeness (QED) is 0.382. The van der Waals surface area contributed by atoms with E-state index in [1.165, 1.54) is 7.11 Å². The Balaban J connectivity index is 4.13. The second-order valence-corrected chi connectivity index (χ2v) is 2.99. The highest BCUT2D eigenvalue weighted by Gasteiger charge is 2.16. The SMILES string of the molecule is COC(=O)CC(N=C=S)C(C)C. The normalized spacial score (nSPS) is 12.0. The van der Waals surface area contributed by atoms with E-state index >= 15 is 0 Å². The van der Waals surface area contributed by atoms with Crippen LogP contribution in [0.1, 0.15) is 20.3 Å². The average Bonchev–Trinajstić information content (AvgIpc) is 2.03. The molecule has 0 saturated heterocycles.